The van der Waals surface area contributed by atoms with Crippen LogP contribution in [0, 0.1) is 0 Å². The van der Waals surface area contributed by atoms with Gasteiger partial charge in [0.15, 0.2) is 0 Å². The summed E-state index contributed by atoms with van der Waals surface area (Å²) < 4.78 is 11.6. The van der Waals surface area contributed by atoms with Gasteiger partial charge in [0.1, 0.15) is 18.1 Å². The predicted molar refractivity (Wildman–Crippen MR) is 115 cm³/mol. The first-order valence-corrected chi connectivity index (χ1v) is 10.1. The summed E-state index contributed by atoms with van der Waals surface area (Å²) in [5.41, 5.74) is 0.177. The number of hydrogen-bond donors (Lipinski definition) is 1. The van der Waals surface area contributed by atoms with Gasteiger partial charge in [0, 0.05) is 12.1 Å². The molecule has 9 nitrogen and oxygen atoms in total. The van der Waals surface area contributed by atoms with E-state index < -0.39 is 18.0 Å². The van der Waals surface area contributed by atoms with Gasteiger partial charge < -0.3 is 19.4 Å². The molecule has 1 atom stereocenters. The summed E-state index contributed by atoms with van der Waals surface area (Å²) >= 11 is 6.07. The van der Waals surface area contributed by atoms with E-state index in [2.05, 4.69) is 10.3 Å². The van der Waals surface area contributed by atoms with E-state index in [1.807, 2.05) is 0 Å². The Morgan fingerprint density at radius 3 is 2.81 bits per heavy atom. The van der Waals surface area contributed by atoms with Crippen LogP contribution in [0.15, 0.2) is 45.8 Å². The molecule has 0 saturated heterocycles. The van der Waals surface area contributed by atoms with Crippen molar-refractivity contribution in [2.45, 2.75) is 26.4 Å². The van der Waals surface area contributed by atoms with Gasteiger partial charge in [-0.2, -0.15) is 0 Å². The number of carbonyl (C=O) groups excluding carboxylic acids is 2. The molecule has 0 aliphatic carbocycles. The number of halogens is 1. The summed E-state index contributed by atoms with van der Waals surface area (Å²) in [6.07, 6.45) is 1.50. The number of rotatable bonds is 7. The third-order valence-electron chi connectivity index (χ3n) is 4.77. The lowest BCUT2D eigenvalue weighted by molar-refractivity contribution is -0.141. The average Bonchev–Trinajstić information content (AvgIpc) is 3.26. The van der Waals surface area contributed by atoms with E-state index in [4.69, 9.17) is 20.8 Å². The Kier molecular flexibility index (Phi) is 6.96. The number of urea groups is 1. The second kappa shape index (κ2) is 9.65. The summed E-state index contributed by atoms with van der Waals surface area (Å²) in [4.78, 5) is 43.5. The molecule has 3 aromatic rings. The molecule has 0 fully saturated rings. The van der Waals surface area contributed by atoms with E-state index in [0.29, 0.717) is 27.5 Å². The Hall–Kier alpha value is -3.33. The van der Waals surface area contributed by atoms with Crippen LogP contribution in [0.1, 0.15) is 31.5 Å². The molecule has 0 bridgehead atoms. The van der Waals surface area contributed by atoms with Crippen molar-refractivity contribution in [3.63, 3.8) is 0 Å². The van der Waals surface area contributed by atoms with Crippen molar-refractivity contribution in [1.82, 2.24) is 19.8 Å². The minimum absolute atomic E-state index is 0.103. The maximum absolute atomic E-state index is 12.9. The number of ether oxygens (including phenoxy) is 1. The Morgan fingerprint density at radius 2 is 2.13 bits per heavy atom. The van der Waals surface area contributed by atoms with Crippen molar-refractivity contribution in [2.75, 3.05) is 13.2 Å². The molecular formula is C21H23ClN4O5. The summed E-state index contributed by atoms with van der Waals surface area (Å²) in [6.45, 7) is 3.46. The fraction of sp³-hybridized carbons (Fsp3) is 0.333. The lowest BCUT2D eigenvalue weighted by atomic mass is 10.2. The number of hydrogen-bond acceptors (Lipinski definition) is 6. The second-order valence-corrected chi connectivity index (χ2v) is 7.28. The smallest absolute Gasteiger partial charge is 0.325 e. The van der Waals surface area contributed by atoms with E-state index >= 15 is 0 Å². The van der Waals surface area contributed by atoms with Crippen molar-refractivity contribution in [2.24, 2.45) is 7.05 Å². The van der Waals surface area contributed by atoms with Crippen molar-refractivity contribution in [1.29, 1.82) is 0 Å². The van der Waals surface area contributed by atoms with Crippen molar-refractivity contribution in [3.8, 4) is 0 Å². The highest BCUT2D eigenvalue weighted by molar-refractivity contribution is 6.31. The molecule has 0 spiro atoms. The fourth-order valence-electron chi connectivity index (χ4n) is 3.19. The molecule has 164 valence electrons. The summed E-state index contributed by atoms with van der Waals surface area (Å²) in [7, 11) is 1.59. The molecule has 10 heteroatoms. The molecule has 3 rings (SSSR count). The van der Waals surface area contributed by atoms with Gasteiger partial charge >= 0.3 is 12.0 Å². The largest absolute Gasteiger partial charge is 0.467 e. The van der Waals surface area contributed by atoms with Crippen LogP contribution in [0.5, 0.6) is 0 Å². The Morgan fingerprint density at radius 1 is 1.35 bits per heavy atom. The predicted octanol–water partition coefficient (Wildman–Crippen LogP) is 3.02. The molecule has 0 radical (unpaired) electrons. The molecule has 0 saturated carbocycles. The zero-order chi connectivity index (χ0) is 22.5. The minimum atomic E-state index is -0.631. The third kappa shape index (κ3) is 5.05. The molecule has 1 aromatic carbocycles. The minimum Gasteiger partial charge on any atom is -0.467 e. The zero-order valence-electron chi connectivity index (χ0n) is 17.4. The zero-order valence-corrected chi connectivity index (χ0v) is 18.2. The number of esters is 1. The normalized spacial score (nSPS) is 11.9. The number of aromatic nitrogens is 2. The van der Waals surface area contributed by atoms with E-state index in [1.54, 1.807) is 51.2 Å². The second-order valence-electron chi connectivity index (χ2n) is 6.84. The van der Waals surface area contributed by atoms with Crippen LogP contribution >= 0.6 is 11.6 Å². The van der Waals surface area contributed by atoms with Gasteiger partial charge in [0.05, 0.1) is 36.4 Å². The van der Waals surface area contributed by atoms with Crippen LogP contribution in [-0.4, -0.2) is 39.6 Å². The molecule has 0 aliphatic rings. The first-order valence-electron chi connectivity index (χ1n) is 9.70. The van der Waals surface area contributed by atoms with Gasteiger partial charge in [-0.3, -0.25) is 14.2 Å². The molecule has 1 N–H and O–H groups in total. The maximum Gasteiger partial charge on any atom is 0.325 e. The number of furan rings is 1. The van der Waals surface area contributed by atoms with Gasteiger partial charge in [-0.15, -0.1) is 0 Å². The first-order chi connectivity index (χ1) is 14.8. The van der Waals surface area contributed by atoms with Crippen LogP contribution in [0.25, 0.3) is 10.9 Å². The summed E-state index contributed by atoms with van der Waals surface area (Å²) in [6, 6.07) is 7.12. The van der Waals surface area contributed by atoms with Crippen LogP contribution in [-0.2, 0) is 23.1 Å². The average molecular weight is 447 g/mol. The highest BCUT2D eigenvalue weighted by Crippen LogP contribution is 2.23. The van der Waals surface area contributed by atoms with Gasteiger partial charge in [-0.1, -0.05) is 11.6 Å². The van der Waals surface area contributed by atoms with Crippen LogP contribution < -0.4 is 10.9 Å². The molecule has 0 aliphatic heterocycles. The topological polar surface area (TPSA) is 107 Å². The van der Waals surface area contributed by atoms with Gasteiger partial charge in [-0.05, 0) is 44.2 Å². The van der Waals surface area contributed by atoms with E-state index in [1.165, 1.54) is 15.7 Å². The molecule has 31 heavy (non-hydrogen) atoms. The molecule has 1 unspecified atom stereocenters. The Bertz CT molecular complexity index is 1140. The molecular weight excluding hydrogens is 424 g/mol. The lowest BCUT2D eigenvalue weighted by Crippen LogP contribution is -2.44. The molecule has 2 aromatic heterocycles. The van der Waals surface area contributed by atoms with Crippen LogP contribution in [0.2, 0.25) is 5.02 Å². The van der Waals surface area contributed by atoms with E-state index in [0.717, 1.165) is 0 Å². The quantitative estimate of drug-likeness (QED) is 0.559. The van der Waals surface area contributed by atoms with Crippen LogP contribution in [0.3, 0.4) is 0 Å². The highest BCUT2D eigenvalue weighted by atomic mass is 35.5. The number of amides is 2. The first kappa shape index (κ1) is 22.4. The monoisotopic (exact) mass is 446 g/mol. The molecule has 2 amide bonds. The number of nitrogens with one attached hydrogen (secondary N) is 1. The standard InChI is InChI=1S/C21H23ClN4O5/c1-4-30-18(27)11-23-21(29)26(12-15-6-5-9-31-15)13(2)19-24-17-10-14(22)7-8-16(17)20(28)25(19)3/h5-10,13H,4,11-12H2,1-3H3,(H,23,29). The highest BCUT2D eigenvalue weighted by Gasteiger charge is 2.27. The molecule has 2 heterocycles. The number of carbonyl (C=O) groups is 2. The van der Waals surface area contributed by atoms with E-state index in [9.17, 15) is 14.4 Å². The van der Waals surface area contributed by atoms with Gasteiger partial charge in [0.25, 0.3) is 5.56 Å². The Balaban J connectivity index is 1.96. The van der Waals surface area contributed by atoms with Crippen molar-refractivity contribution < 1.29 is 18.7 Å². The van der Waals surface area contributed by atoms with Crippen LogP contribution in [0.4, 0.5) is 4.79 Å². The number of nitrogens with zero attached hydrogens (tertiary/aromatic N) is 3. The number of benzene rings is 1. The maximum atomic E-state index is 12.9. The van der Waals surface area contributed by atoms with Crippen molar-refractivity contribution >= 4 is 34.5 Å². The third-order valence-corrected chi connectivity index (χ3v) is 5.01. The van der Waals surface area contributed by atoms with Gasteiger partial charge in [-0.25, -0.2) is 9.78 Å². The fourth-order valence-corrected chi connectivity index (χ4v) is 3.36. The number of fused-ring (bicyclic) bond motifs is 1. The van der Waals surface area contributed by atoms with Crippen molar-refractivity contribution in [3.05, 3.63) is 63.6 Å². The Labute approximate surface area is 183 Å². The summed E-state index contributed by atoms with van der Waals surface area (Å²) in [5, 5.41) is 3.42. The van der Waals surface area contributed by atoms with Gasteiger partial charge in [0.2, 0.25) is 0 Å². The summed E-state index contributed by atoms with van der Waals surface area (Å²) in [5.74, 6) is 0.344. The SMILES string of the molecule is CCOC(=O)CNC(=O)N(Cc1ccco1)C(C)c1nc2cc(Cl)ccc2c(=O)n1C. The lowest BCUT2D eigenvalue weighted by Gasteiger charge is -2.29. The van der Waals surface area contributed by atoms with E-state index in [-0.39, 0.29) is 25.3 Å².